The topological polar surface area (TPSA) is 114 Å². The van der Waals surface area contributed by atoms with E-state index in [4.69, 9.17) is 14.2 Å². The van der Waals surface area contributed by atoms with E-state index in [0.29, 0.717) is 25.0 Å². The van der Waals surface area contributed by atoms with E-state index in [1.807, 2.05) is 19.1 Å². The summed E-state index contributed by atoms with van der Waals surface area (Å²) in [5.41, 5.74) is 1.55. The summed E-state index contributed by atoms with van der Waals surface area (Å²) >= 11 is 0. The second-order valence-corrected chi connectivity index (χ2v) is 7.61. The van der Waals surface area contributed by atoms with Gasteiger partial charge in [-0.1, -0.05) is 24.3 Å². The molecule has 8 heteroatoms. The van der Waals surface area contributed by atoms with Crippen molar-refractivity contribution in [2.24, 2.45) is 5.92 Å². The molecule has 3 N–H and O–H groups in total. The number of aliphatic hydroxyl groups is 1. The Balaban J connectivity index is 1.95. The molecule has 1 amide bonds. The molecule has 0 saturated heterocycles. The van der Waals surface area contributed by atoms with Crippen LogP contribution in [0, 0.1) is 5.92 Å². The highest BCUT2D eigenvalue weighted by Crippen LogP contribution is 2.40. The van der Waals surface area contributed by atoms with Gasteiger partial charge in [-0.3, -0.25) is 4.79 Å². The molecule has 0 radical (unpaired) electrons. The molecule has 2 aromatic carbocycles. The van der Waals surface area contributed by atoms with E-state index in [1.165, 1.54) is 13.2 Å². The number of aliphatic hydroxyl groups excluding tert-OH is 1. The number of amides is 1. The third kappa shape index (κ3) is 5.91. The Labute approximate surface area is 192 Å². The van der Waals surface area contributed by atoms with E-state index in [1.54, 1.807) is 36.4 Å². The lowest BCUT2D eigenvalue weighted by atomic mass is 9.80. The maximum Gasteiger partial charge on any atom is 0.337 e. The van der Waals surface area contributed by atoms with E-state index in [-0.39, 0.29) is 35.6 Å². The fraction of sp³-hybridized carbons (Fsp3) is 0.360. The summed E-state index contributed by atoms with van der Waals surface area (Å²) in [5, 5.41) is 22.0. The molecule has 1 heterocycles. The minimum absolute atomic E-state index is 0.0215. The van der Waals surface area contributed by atoms with Crippen molar-refractivity contribution in [1.82, 2.24) is 0 Å². The molecular weight excluding hydrogens is 426 g/mol. The molecule has 3 atom stereocenters. The van der Waals surface area contributed by atoms with Crippen LogP contribution in [-0.4, -0.2) is 48.7 Å². The predicted molar refractivity (Wildman–Crippen MR) is 122 cm³/mol. The number of allylic oxidation sites excluding steroid dienone is 1. The third-order valence-electron chi connectivity index (χ3n) is 5.50. The number of benzene rings is 2. The number of rotatable bonds is 9. The van der Waals surface area contributed by atoms with E-state index in [9.17, 15) is 19.8 Å². The first kappa shape index (κ1) is 24.3. The van der Waals surface area contributed by atoms with E-state index < -0.39 is 18.2 Å². The fourth-order valence-corrected chi connectivity index (χ4v) is 3.87. The monoisotopic (exact) mass is 455 g/mol. The Morgan fingerprint density at radius 3 is 2.48 bits per heavy atom. The van der Waals surface area contributed by atoms with Gasteiger partial charge in [0.15, 0.2) is 5.76 Å². The summed E-state index contributed by atoms with van der Waals surface area (Å²) in [6.45, 7) is 2.24. The van der Waals surface area contributed by atoms with Gasteiger partial charge in [-0.15, -0.1) is 0 Å². The summed E-state index contributed by atoms with van der Waals surface area (Å²) in [6.07, 6.45) is 2.17. The molecular formula is C25H29NO7. The number of hydrogen-bond donors (Lipinski definition) is 3. The Morgan fingerprint density at radius 1 is 1.12 bits per heavy atom. The zero-order chi connectivity index (χ0) is 23.8. The van der Waals surface area contributed by atoms with Gasteiger partial charge in [-0.05, 0) is 55.7 Å². The van der Waals surface area contributed by atoms with E-state index in [2.05, 4.69) is 5.32 Å². The third-order valence-corrected chi connectivity index (χ3v) is 5.50. The highest BCUT2D eigenvalue weighted by molar-refractivity contribution is 6.03. The standard InChI is InChI=1S/C25H29NO7/c1-3-32-25-18(7-6-14-27)19(16-10-12-17(13-11-16)24(30)31-2)15-22(33-25)23(29)26-20-8-4-5-9-21(20)28/h4-5,8-13,15,18-19,25,27-28H,3,6-7,14H2,1-2H3,(H,26,29)/t18-,19+,25+/m1/s1. The summed E-state index contributed by atoms with van der Waals surface area (Å²) in [5.74, 6) is -1.37. The van der Waals surface area contributed by atoms with Gasteiger partial charge in [0.25, 0.3) is 5.91 Å². The van der Waals surface area contributed by atoms with Crippen molar-refractivity contribution < 1.29 is 34.0 Å². The molecule has 33 heavy (non-hydrogen) atoms. The number of aromatic hydroxyl groups is 1. The van der Waals surface area contributed by atoms with Gasteiger partial charge in [-0.2, -0.15) is 0 Å². The van der Waals surface area contributed by atoms with Gasteiger partial charge < -0.3 is 29.7 Å². The van der Waals surface area contributed by atoms with Crippen LogP contribution in [0.5, 0.6) is 5.75 Å². The average Bonchev–Trinajstić information content (AvgIpc) is 2.84. The number of methoxy groups -OCH3 is 1. The first-order chi connectivity index (χ1) is 16.0. The van der Waals surface area contributed by atoms with Crippen LogP contribution in [-0.2, 0) is 19.0 Å². The Morgan fingerprint density at radius 2 is 1.85 bits per heavy atom. The maximum atomic E-state index is 13.0. The minimum Gasteiger partial charge on any atom is -0.506 e. The van der Waals surface area contributed by atoms with Crippen molar-refractivity contribution in [3.63, 3.8) is 0 Å². The molecule has 0 spiro atoms. The zero-order valence-corrected chi connectivity index (χ0v) is 18.7. The highest BCUT2D eigenvalue weighted by atomic mass is 16.7. The molecule has 2 aromatic rings. The summed E-state index contributed by atoms with van der Waals surface area (Å²) in [6, 6.07) is 13.4. The predicted octanol–water partition coefficient (Wildman–Crippen LogP) is 3.57. The highest BCUT2D eigenvalue weighted by Gasteiger charge is 2.38. The molecule has 0 fully saturated rings. The van der Waals surface area contributed by atoms with Gasteiger partial charge >= 0.3 is 5.97 Å². The molecule has 0 aromatic heterocycles. The lowest BCUT2D eigenvalue weighted by Crippen LogP contribution is -2.37. The lowest BCUT2D eigenvalue weighted by Gasteiger charge is -2.37. The molecule has 176 valence electrons. The van der Waals surface area contributed by atoms with Gasteiger partial charge in [0, 0.05) is 25.0 Å². The lowest BCUT2D eigenvalue weighted by molar-refractivity contribution is -0.165. The summed E-state index contributed by atoms with van der Waals surface area (Å²) in [7, 11) is 1.32. The van der Waals surface area contributed by atoms with Crippen molar-refractivity contribution >= 4 is 17.6 Å². The number of anilines is 1. The van der Waals surface area contributed by atoms with Crippen LogP contribution < -0.4 is 5.32 Å². The second kappa shape index (κ2) is 11.5. The van der Waals surface area contributed by atoms with Crippen LogP contribution in [0.25, 0.3) is 0 Å². The van der Waals surface area contributed by atoms with Crippen LogP contribution in [0.3, 0.4) is 0 Å². The second-order valence-electron chi connectivity index (χ2n) is 7.61. The molecule has 8 nitrogen and oxygen atoms in total. The quantitative estimate of drug-likeness (QED) is 0.391. The molecule has 0 aliphatic carbocycles. The average molecular weight is 456 g/mol. The Bertz CT molecular complexity index is 987. The number of para-hydroxylation sites is 2. The van der Waals surface area contributed by atoms with Gasteiger partial charge in [-0.25, -0.2) is 4.79 Å². The van der Waals surface area contributed by atoms with Crippen LogP contribution in [0.4, 0.5) is 5.69 Å². The number of nitrogens with one attached hydrogen (secondary N) is 1. The zero-order valence-electron chi connectivity index (χ0n) is 18.7. The number of carbonyl (C=O) groups is 2. The number of phenolic OH excluding ortho intramolecular Hbond substituents is 1. The SMILES string of the molecule is CCO[C@H]1OC(C(=O)Nc2ccccc2O)=C[C@@H](c2ccc(C(=O)OC)cc2)[C@H]1CCCO. The van der Waals surface area contributed by atoms with Crippen molar-refractivity contribution in [2.45, 2.75) is 32.0 Å². The van der Waals surface area contributed by atoms with E-state index in [0.717, 1.165) is 5.56 Å². The molecule has 0 saturated carbocycles. The van der Waals surface area contributed by atoms with Crippen molar-refractivity contribution in [2.75, 3.05) is 25.6 Å². The fourth-order valence-electron chi connectivity index (χ4n) is 3.87. The first-order valence-corrected chi connectivity index (χ1v) is 10.9. The smallest absolute Gasteiger partial charge is 0.337 e. The Hall–Kier alpha value is -3.36. The minimum atomic E-state index is -0.707. The molecule has 0 unspecified atom stereocenters. The normalized spacial score (nSPS) is 19.8. The largest absolute Gasteiger partial charge is 0.506 e. The molecule has 1 aliphatic heterocycles. The van der Waals surface area contributed by atoms with Gasteiger partial charge in [0.2, 0.25) is 6.29 Å². The number of hydrogen-bond acceptors (Lipinski definition) is 7. The van der Waals surface area contributed by atoms with Crippen LogP contribution >= 0.6 is 0 Å². The molecule has 0 bridgehead atoms. The Kier molecular flexibility index (Phi) is 8.46. The van der Waals surface area contributed by atoms with Crippen molar-refractivity contribution in [1.29, 1.82) is 0 Å². The van der Waals surface area contributed by atoms with Gasteiger partial charge in [0.1, 0.15) is 5.75 Å². The number of esters is 1. The first-order valence-electron chi connectivity index (χ1n) is 10.9. The summed E-state index contributed by atoms with van der Waals surface area (Å²) < 4.78 is 16.5. The van der Waals surface area contributed by atoms with E-state index >= 15 is 0 Å². The number of phenols is 1. The van der Waals surface area contributed by atoms with Crippen LogP contribution in [0.1, 0.15) is 41.6 Å². The van der Waals surface area contributed by atoms with Crippen LogP contribution in [0.15, 0.2) is 60.4 Å². The molecule has 1 aliphatic rings. The number of ether oxygens (including phenoxy) is 3. The van der Waals surface area contributed by atoms with Crippen molar-refractivity contribution in [3.05, 3.63) is 71.5 Å². The molecule has 3 rings (SSSR count). The summed E-state index contributed by atoms with van der Waals surface area (Å²) in [4.78, 5) is 24.8. The van der Waals surface area contributed by atoms with Crippen molar-refractivity contribution in [3.8, 4) is 5.75 Å². The van der Waals surface area contributed by atoms with Gasteiger partial charge in [0.05, 0.1) is 18.4 Å². The number of carbonyl (C=O) groups excluding carboxylic acids is 2. The van der Waals surface area contributed by atoms with Crippen LogP contribution in [0.2, 0.25) is 0 Å². The maximum absolute atomic E-state index is 13.0.